The van der Waals surface area contributed by atoms with Gasteiger partial charge in [-0.3, -0.25) is 0 Å². The minimum atomic E-state index is -3.72. The molecule has 0 atom stereocenters. The van der Waals surface area contributed by atoms with Crippen LogP contribution in [0.15, 0.2) is 53.4 Å². The van der Waals surface area contributed by atoms with Crippen molar-refractivity contribution < 1.29 is 13.2 Å². The molecule has 0 saturated heterocycles. The highest BCUT2D eigenvalue weighted by Gasteiger charge is 2.12. The van der Waals surface area contributed by atoms with Crippen LogP contribution in [0, 0.1) is 6.92 Å². The third-order valence-electron chi connectivity index (χ3n) is 3.96. The van der Waals surface area contributed by atoms with E-state index in [2.05, 4.69) is 15.4 Å². The van der Waals surface area contributed by atoms with Crippen molar-refractivity contribution in [3.8, 4) is 11.4 Å². The summed E-state index contributed by atoms with van der Waals surface area (Å²) in [6, 6.07) is 14.0. The van der Waals surface area contributed by atoms with Crippen LogP contribution in [0.3, 0.4) is 0 Å². The Morgan fingerprint density at radius 3 is 2.33 bits per heavy atom. The third kappa shape index (κ3) is 4.70. The molecule has 0 radical (unpaired) electrons. The average Bonchev–Trinajstić information content (AvgIpc) is 3.02. The Hall–Kier alpha value is -2.75. The van der Waals surface area contributed by atoms with Gasteiger partial charge in [0.2, 0.25) is 10.0 Å². The van der Waals surface area contributed by atoms with Crippen LogP contribution in [0.4, 0.5) is 0 Å². The first-order valence-corrected chi connectivity index (χ1v) is 9.81. The molecule has 3 aromatic rings. The monoisotopic (exact) mass is 387 g/mol. The summed E-state index contributed by atoms with van der Waals surface area (Å²) in [5.74, 6) is 2.17. The second-order valence-electron chi connectivity index (χ2n) is 5.98. The van der Waals surface area contributed by atoms with Crippen molar-refractivity contribution in [1.82, 2.24) is 20.1 Å². The van der Waals surface area contributed by atoms with Crippen LogP contribution in [0.5, 0.6) is 5.75 Å². The van der Waals surface area contributed by atoms with Gasteiger partial charge in [0.15, 0.2) is 0 Å². The van der Waals surface area contributed by atoms with E-state index in [0.717, 1.165) is 17.1 Å². The normalized spacial score (nSPS) is 11.5. The summed E-state index contributed by atoms with van der Waals surface area (Å²) < 4.78 is 29.6. The Morgan fingerprint density at radius 1 is 1.07 bits per heavy atom. The Morgan fingerprint density at radius 2 is 1.74 bits per heavy atom. The Kier molecular flexibility index (Phi) is 5.54. The zero-order chi connectivity index (χ0) is 19.4. The molecule has 2 aromatic carbocycles. The number of sulfonamides is 1. The fourth-order valence-electron chi connectivity index (χ4n) is 2.62. The van der Waals surface area contributed by atoms with Crippen molar-refractivity contribution in [3.63, 3.8) is 0 Å². The summed E-state index contributed by atoms with van der Waals surface area (Å²) in [5.41, 5.74) is 1.83. The highest BCUT2D eigenvalue weighted by atomic mass is 32.2. The highest BCUT2D eigenvalue weighted by Crippen LogP contribution is 2.15. The molecular weight excluding hydrogens is 366 g/mol. The molecule has 0 aliphatic carbocycles. The van der Waals surface area contributed by atoms with Crippen LogP contribution in [-0.2, 0) is 23.1 Å². The maximum atomic E-state index is 11.4. The molecule has 0 fully saturated rings. The van der Waals surface area contributed by atoms with Crippen LogP contribution in [0.1, 0.15) is 17.2 Å². The smallest absolute Gasteiger partial charge is 0.238 e. The van der Waals surface area contributed by atoms with E-state index in [4.69, 9.17) is 9.88 Å². The van der Waals surface area contributed by atoms with E-state index in [1.54, 1.807) is 23.9 Å². The SMILES string of the molecule is COc1ccc(CNCc2nc(C)nn2-c2ccc(S(N)(=O)=O)cc2)cc1. The van der Waals surface area contributed by atoms with Crippen molar-refractivity contribution in [2.24, 2.45) is 5.14 Å². The molecule has 0 aliphatic rings. The second kappa shape index (κ2) is 7.87. The Bertz CT molecular complexity index is 1010. The number of aromatic nitrogens is 3. The molecular formula is C18H21N5O3S. The topological polar surface area (TPSA) is 112 Å². The van der Waals surface area contributed by atoms with Gasteiger partial charge in [-0.1, -0.05) is 12.1 Å². The summed E-state index contributed by atoms with van der Waals surface area (Å²) in [6.07, 6.45) is 0. The summed E-state index contributed by atoms with van der Waals surface area (Å²) >= 11 is 0. The summed E-state index contributed by atoms with van der Waals surface area (Å²) in [4.78, 5) is 4.50. The lowest BCUT2D eigenvalue weighted by molar-refractivity contribution is 0.414. The molecule has 142 valence electrons. The second-order valence-corrected chi connectivity index (χ2v) is 7.54. The lowest BCUT2D eigenvalue weighted by atomic mass is 10.2. The summed E-state index contributed by atoms with van der Waals surface area (Å²) in [6.45, 7) is 2.98. The van der Waals surface area contributed by atoms with E-state index >= 15 is 0 Å². The molecule has 0 bridgehead atoms. The Labute approximate surface area is 158 Å². The zero-order valence-corrected chi connectivity index (χ0v) is 15.9. The molecule has 3 N–H and O–H groups in total. The standard InChI is InChI=1S/C18H21N5O3S/c1-13-21-18(12-20-11-14-3-7-16(26-2)8-4-14)23(22-13)15-5-9-17(10-6-15)27(19,24)25/h3-10,20H,11-12H2,1-2H3,(H2,19,24,25). The molecule has 0 unspecified atom stereocenters. The van der Waals surface area contributed by atoms with Gasteiger partial charge >= 0.3 is 0 Å². The van der Waals surface area contributed by atoms with Gasteiger partial charge in [-0.25, -0.2) is 23.2 Å². The number of aryl methyl sites for hydroxylation is 1. The van der Waals surface area contributed by atoms with Crippen LogP contribution in [0.2, 0.25) is 0 Å². The number of hydrogen-bond donors (Lipinski definition) is 2. The van der Waals surface area contributed by atoms with Gasteiger partial charge in [-0.05, 0) is 48.9 Å². The minimum absolute atomic E-state index is 0.0577. The molecule has 0 amide bonds. The van der Waals surface area contributed by atoms with E-state index < -0.39 is 10.0 Å². The number of nitrogens with zero attached hydrogens (tertiary/aromatic N) is 3. The molecule has 8 nitrogen and oxygen atoms in total. The fraction of sp³-hybridized carbons (Fsp3) is 0.222. The van der Waals surface area contributed by atoms with E-state index in [0.29, 0.717) is 24.6 Å². The number of nitrogens with one attached hydrogen (secondary N) is 1. The molecule has 1 heterocycles. The van der Waals surface area contributed by atoms with E-state index in [9.17, 15) is 8.42 Å². The van der Waals surface area contributed by atoms with E-state index in [1.807, 2.05) is 31.2 Å². The molecule has 0 aliphatic heterocycles. The fourth-order valence-corrected chi connectivity index (χ4v) is 3.13. The van der Waals surface area contributed by atoms with Gasteiger partial charge in [0.1, 0.15) is 17.4 Å². The first kappa shape index (κ1) is 19.0. The lowest BCUT2D eigenvalue weighted by Gasteiger charge is -2.08. The number of methoxy groups -OCH3 is 1. The number of ether oxygens (including phenoxy) is 1. The molecule has 9 heteroatoms. The first-order valence-electron chi connectivity index (χ1n) is 8.26. The molecule has 0 spiro atoms. The van der Waals surface area contributed by atoms with Gasteiger partial charge in [0, 0.05) is 6.54 Å². The van der Waals surface area contributed by atoms with Crippen molar-refractivity contribution in [1.29, 1.82) is 0 Å². The van der Waals surface area contributed by atoms with Crippen molar-refractivity contribution in [2.45, 2.75) is 24.9 Å². The Balaban J connectivity index is 1.71. The average molecular weight is 387 g/mol. The minimum Gasteiger partial charge on any atom is -0.497 e. The number of benzene rings is 2. The summed E-state index contributed by atoms with van der Waals surface area (Å²) in [5, 5.41) is 12.9. The molecule has 0 saturated carbocycles. The number of hydrogen-bond acceptors (Lipinski definition) is 6. The van der Waals surface area contributed by atoms with Gasteiger partial charge in [0.25, 0.3) is 0 Å². The lowest BCUT2D eigenvalue weighted by Crippen LogP contribution is -2.17. The number of primary sulfonamides is 1. The van der Waals surface area contributed by atoms with Gasteiger partial charge in [0.05, 0.1) is 24.2 Å². The number of rotatable bonds is 7. The van der Waals surface area contributed by atoms with Crippen molar-refractivity contribution in [3.05, 3.63) is 65.7 Å². The molecule has 1 aromatic heterocycles. The molecule has 3 rings (SSSR count). The van der Waals surface area contributed by atoms with Gasteiger partial charge in [-0.2, -0.15) is 5.10 Å². The van der Waals surface area contributed by atoms with Gasteiger partial charge in [-0.15, -0.1) is 0 Å². The largest absolute Gasteiger partial charge is 0.497 e. The number of nitrogens with two attached hydrogens (primary N) is 1. The first-order chi connectivity index (χ1) is 12.9. The van der Waals surface area contributed by atoms with Crippen molar-refractivity contribution in [2.75, 3.05) is 7.11 Å². The maximum absolute atomic E-state index is 11.4. The predicted molar refractivity (Wildman–Crippen MR) is 101 cm³/mol. The van der Waals surface area contributed by atoms with Gasteiger partial charge < -0.3 is 10.1 Å². The predicted octanol–water partition coefficient (Wildman–Crippen LogP) is 1.52. The van der Waals surface area contributed by atoms with Crippen LogP contribution < -0.4 is 15.2 Å². The van der Waals surface area contributed by atoms with E-state index in [1.165, 1.54) is 12.1 Å². The van der Waals surface area contributed by atoms with Crippen molar-refractivity contribution >= 4 is 10.0 Å². The van der Waals surface area contributed by atoms with Crippen LogP contribution >= 0.6 is 0 Å². The molecule has 27 heavy (non-hydrogen) atoms. The quantitative estimate of drug-likeness (QED) is 0.636. The van der Waals surface area contributed by atoms with Crippen LogP contribution in [0.25, 0.3) is 5.69 Å². The van der Waals surface area contributed by atoms with Crippen LogP contribution in [-0.4, -0.2) is 30.3 Å². The third-order valence-corrected chi connectivity index (χ3v) is 4.89. The van der Waals surface area contributed by atoms with E-state index in [-0.39, 0.29) is 4.90 Å². The maximum Gasteiger partial charge on any atom is 0.238 e. The summed E-state index contributed by atoms with van der Waals surface area (Å²) in [7, 11) is -2.09. The highest BCUT2D eigenvalue weighted by molar-refractivity contribution is 7.89. The zero-order valence-electron chi connectivity index (χ0n) is 15.1.